The summed E-state index contributed by atoms with van der Waals surface area (Å²) in [5.41, 5.74) is 6.55. The van der Waals surface area contributed by atoms with Crippen LogP contribution < -0.4 is 9.64 Å². The first-order valence-electron chi connectivity index (χ1n) is 11.5. The van der Waals surface area contributed by atoms with E-state index in [1.807, 2.05) is 41.3 Å². The first kappa shape index (κ1) is 21.3. The molecule has 33 heavy (non-hydrogen) atoms. The smallest absolute Gasteiger partial charge is 0.227 e. The van der Waals surface area contributed by atoms with Crippen LogP contribution in [0.4, 0.5) is 5.69 Å². The maximum atomic E-state index is 12.9. The van der Waals surface area contributed by atoms with Crippen molar-refractivity contribution in [2.24, 2.45) is 0 Å². The van der Waals surface area contributed by atoms with E-state index in [0.717, 1.165) is 33.9 Å². The van der Waals surface area contributed by atoms with Gasteiger partial charge < -0.3 is 14.2 Å². The molecule has 0 radical (unpaired) electrons. The summed E-state index contributed by atoms with van der Waals surface area (Å²) in [6, 6.07) is 22.6. The van der Waals surface area contributed by atoms with Gasteiger partial charge in [-0.25, -0.2) is 4.98 Å². The lowest BCUT2D eigenvalue weighted by Gasteiger charge is -2.18. The van der Waals surface area contributed by atoms with Gasteiger partial charge >= 0.3 is 0 Å². The second-order valence-electron chi connectivity index (χ2n) is 8.97. The fourth-order valence-corrected chi connectivity index (χ4v) is 4.70. The predicted octanol–water partition coefficient (Wildman–Crippen LogP) is 5.56. The van der Waals surface area contributed by atoms with Crippen molar-refractivity contribution in [1.82, 2.24) is 9.55 Å². The maximum absolute atomic E-state index is 12.9. The molecule has 0 aliphatic carbocycles. The standard InChI is InChI=1S/C28H29N3O2/c1-19-8-11-23(12-9-19)31-18-22(17-27(31)32)28-29-24-6-4-5-7-25(24)30(28)14-15-33-26-13-10-20(2)16-21(26)3/h4-13,16,22H,14-15,17-18H2,1-3H3/t22-/m0/s1. The van der Waals surface area contributed by atoms with Crippen molar-refractivity contribution < 1.29 is 9.53 Å². The molecule has 2 heterocycles. The van der Waals surface area contributed by atoms with Crippen molar-refractivity contribution in [3.05, 3.63) is 89.2 Å². The molecule has 0 N–H and O–H groups in total. The van der Waals surface area contributed by atoms with Gasteiger partial charge in [-0.15, -0.1) is 0 Å². The molecule has 0 saturated carbocycles. The van der Waals surface area contributed by atoms with Gasteiger partial charge in [-0.2, -0.15) is 0 Å². The van der Waals surface area contributed by atoms with Crippen molar-refractivity contribution in [3.8, 4) is 5.75 Å². The van der Waals surface area contributed by atoms with Crippen molar-refractivity contribution in [3.63, 3.8) is 0 Å². The molecule has 168 valence electrons. The Morgan fingerprint density at radius 3 is 2.52 bits per heavy atom. The highest BCUT2D eigenvalue weighted by atomic mass is 16.5. The average Bonchev–Trinajstić information content (AvgIpc) is 3.36. The van der Waals surface area contributed by atoms with Gasteiger partial charge in [-0.3, -0.25) is 4.79 Å². The minimum Gasteiger partial charge on any atom is -0.491 e. The molecule has 1 saturated heterocycles. The number of anilines is 1. The molecule has 5 heteroatoms. The summed E-state index contributed by atoms with van der Waals surface area (Å²) in [7, 11) is 0. The molecule has 1 fully saturated rings. The van der Waals surface area contributed by atoms with E-state index in [-0.39, 0.29) is 11.8 Å². The van der Waals surface area contributed by atoms with Crippen LogP contribution in [-0.4, -0.2) is 28.6 Å². The van der Waals surface area contributed by atoms with Crippen LogP contribution in [0.2, 0.25) is 0 Å². The molecule has 1 amide bonds. The Hall–Kier alpha value is -3.60. The number of amides is 1. The maximum Gasteiger partial charge on any atom is 0.227 e. The van der Waals surface area contributed by atoms with E-state index in [1.54, 1.807) is 0 Å². The third kappa shape index (κ3) is 4.23. The predicted molar refractivity (Wildman–Crippen MR) is 132 cm³/mol. The number of hydrogen-bond donors (Lipinski definition) is 0. The number of para-hydroxylation sites is 2. The summed E-state index contributed by atoms with van der Waals surface area (Å²) in [6.07, 6.45) is 0.467. The topological polar surface area (TPSA) is 47.4 Å². The minimum absolute atomic E-state index is 0.0484. The summed E-state index contributed by atoms with van der Waals surface area (Å²) in [4.78, 5) is 19.7. The van der Waals surface area contributed by atoms with Crippen LogP contribution in [0.15, 0.2) is 66.7 Å². The van der Waals surface area contributed by atoms with Gasteiger partial charge in [-0.1, -0.05) is 47.5 Å². The third-order valence-corrected chi connectivity index (χ3v) is 6.42. The molecule has 3 aromatic carbocycles. The zero-order chi connectivity index (χ0) is 22.9. The van der Waals surface area contributed by atoms with E-state index >= 15 is 0 Å². The fourth-order valence-electron chi connectivity index (χ4n) is 4.70. The van der Waals surface area contributed by atoms with Gasteiger partial charge in [0.2, 0.25) is 5.91 Å². The Labute approximate surface area is 194 Å². The highest BCUT2D eigenvalue weighted by Crippen LogP contribution is 2.33. The number of aromatic nitrogens is 2. The van der Waals surface area contributed by atoms with Gasteiger partial charge in [0.15, 0.2) is 0 Å². The third-order valence-electron chi connectivity index (χ3n) is 6.42. The average molecular weight is 440 g/mol. The molecule has 5 nitrogen and oxygen atoms in total. The zero-order valence-electron chi connectivity index (χ0n) is 19.4. The number of ether oxygens (including phenoxy) is 1. The molecule has 1 aromatic heterocycles. The second-order valence-corrected chi connectivity index (χ2v) is 8.97. The molecule has 0 unspecified atom stereocenters. The lowest BCUT2D eigenvalue weighted by molar-refractivity contribution is -0.117. The summed E-state index contributed by atoms with van der Waals surface area (Å²) in [6.45, 7) is 8.08. The molecule has 1 aliphatic heterocycles. The Morgan fingerprint density at radius 2 is 1.73 bits per heavy atom. The summed E-state index contributed by atoms with van der Waals surface area (Å²) in [5, 5.41) is 0. The number of rotatable bonds is 6. The van der Waals surface area contributed by atoms with Crippen molar-refractivity contribution in [2.75, 3.05) is 18.1 Å². The van der Waals surface area contributed by atoms with E-state index in [9.17, 15) is 4.79 Å². The monoisotopic (exact) mass is 439 g/mol. The van der Waals surface area contributed by atoms with E-state index in [4.69, 9.17) is 9.72 Å². The lowest BCUT2D eigenvalue weighted by Crippen LogP contribution is -2.24. The summed E-state index contributed by atoms with van der Waals surface area (Å²) < 4.78 is 8.36. The van der Waals surface area contributed by atoms with Crippen molar-refractivity contribution >= 4 is 22.6 Å². The van der Waals surface area contributed by atoms with Gasteiger partial charge in [0, 0.05) is 24.6 Å². The van der Waals surface area contributed by atoms with Crippen LogP contribution in [0.5, 0.6) is 5.75 Å². The highest BCUT2D eigenvalue weighted by Gasteiger charge is 2.34. The Bertz CT molecular complexity index is 1310. The molecule has 1 aliphatic rings. The fraction of sp³-hybridized carbons (Fsp3) is 0.286. The van der Waals surface area contributed by atoms with E-state index in [2.05, 4.69) is 55.7 Å². The largest absolute Gasteiger partial charge is 0.491 e. The first-order chi connectivity index (χ1) is 16.0. The van der Waals surface area contributed by atoms with Crippen LogP contribution >= 0.6 is 0 Å². The molecule has 4 aromatic rings. The molecule has 5 rings (SSSR count). The van der Waals surface area contributed by atoms with Gasteiger partial charge in [0.1, 0.15) is 18.2 Å². The zero-order valence-corrected chi connectivity index (χ0v) is 19.4. The number of hydrogen-bond acceptors (Lipinski definition) is 3. The van der Waals surface area contributed by atoms with Crippen molar-refractivity contribution in [2.45, 2.75) is 39.7 Å². The number of carbonyl (C=O) groups excluding carboxylic acids is 1. The Balaban J connectivity index is 1.40. The SMILES string of the molecule is Cc1ccc(N2C[C@@H](c3nc4ccccc4n3CCOc3ccc(C)cc3C)CC2=O)cc1. The van der Waals surface area contributed by atoms with Crippen LogP contribution in [0, 0.1) is 20.8 Å². The number of carbonyl (C=O) groups is 1. The van der Waals surface area contributed by atoms with Crippen LogP contribution in [0.25, 0.3) is 11.0 Å². The quantitative estimate of drug-likeness (QED) is 0.395. The molecular weight excluding hydrogens is 410 g/mol. The van der Waals surface area contributed by atoms with Crippen molar-refractivity contribution in [1.29, 1.82) is 0 Å². The summed E-state index contributed by atoms with van der Waals surface area (Å²) in [5.74, 6) is 2.07. The number of fused-ring (bicyclic) bond motifs is 1. The number of nitrogens with zero attached hydrogens (tertiary/aromatic N) is 3. The van der Waals surface area contributed by atoms with Gasteiger partial charge in [0.05, 0.1) is 17.6 Å². The second kappa shape index (κ2) is 8.74. The lowest BCUT2D eigenvalue weighted by atomic mass is 10.1. The normalized spacial score (nSPS) is 16.0. The van der Waals surface area contributed by atoms with Crippen LogP contribution in [-0.2, 0) is 11.3 Å². The molecule has 0 bridgehead atoms. The Morgan fingerprint density at radius 1 is 0.970 bits per heavy atom. The number of benzene rings is 3. The van der Waals surface area contributed by atoms with E-state index in [0.29, 0.717) is 26.1 Å². The number of aryl methyl sites for hydroxylation is 3. The van der Waals surface area contributed by atoms with Gasteiger partial charge in [0.25, 0.3) is 0 Å². The van der Waals surface area contributed by atoms with Gasteiger partial charge in [-0.05, 0) is 56.7 Å². The van der Waals surface area contributed by atoms with Crippen LogP contribution in [0.1, 0.15) is 34.9 Å². The van der Waals surface area contributed by atoms with E-state index < -0.39 is 0 Å². The van der Waals surface area contributed by atoms with E-state index in [1.165, 1.54) is 11.1 Å². The highest BCUT2D eigenvalue weighted by molar-refractivity contribution is 5.96. The Kier molecular flexibility index (Phi) is 5.63. The van der Waals surface area contributed by atoms with Crippen LogP contribution in [0.3, 0.4) is 0 Å². The number of imidazole rings is 1. The summed E-state index contributed by atoms with van der Waals surface area (Å²) >= 11 is 0. The molecule has 0 spiro atoms. The first-order valence-corrected chi connectivity index (χ1v) is 11.5. The molecule has 1 atom stereocenters. The minimum atomic E-state index is 0.0484. The molecular formula is C28H29N3O2.